The van der Waals surface area contributed by atoms with Gasteiger partial charge < -0.3 is 0 Å². The molecular weight excluding hydrogens is 394 g/mol. The zero-order valence-corrected chi connectivity index (χ0v) is 16.6. The second-order valence-electron chi connectivity index (χ2n) is 6.43. The van der Waals surface area contributed by atoms with Gasteiger partial charge in [-0.2, -0.15) is 5.10 Å². The molecule has 148 valence electrons. The number of nitrogens with one attached hydrogen (secondary N) is 1. The first-order chi connectivity index (χ1) is 14.1. The highest BCUT2D eigenvalue weighted by Gasteiger charge is 2.15. The molecule has 0 saturated carbocycles. The molecule has 0 aliphatic heterocycles. The van der Waals surface area contributed by atoms with Gasteiger partial charge in [-0.25, -0.2) is 28.2 Å². The highest BCUT2D eigenvalue weighted by atomic mass is 32.2. The third-order valence-electron chi connectivity index (χ3n) is 4.51. The molecule has 6 nitrogen and oxygen atoms in total. The second-order valence-corrected chi connectivity index (χ2v) is 7.07. The second kappa shape index (κ2) is 8.22. The maximum Gasteiger partial charge on any atom is 0.282 e. The van der Waals surface area contributed by atoms with Crippen molar-refractivity contribution in [3.05, 3.63) is 66.2 Å². The highest BCUT2D eigenvalue weighted by Crippen LogP contribution is 2.26. The van der Waals surface area contributed by atoms with E-state index in [1.807, 2.05) is 24.5 Å². The molecule has 0 spiro atoms. The van der Waals surface area contributed by atoms with E-state index in [1.165, 1.54) is 23.0 Å². The van der Waals surface area contributed by atoms with Gasteiger partial charge in [0.2, 0.25) is 0 Å². The minimum Gasteiger partial charge on any atom is -0.257 e. The number of rotatable bonds is 6. The van der Waals surface area contributed by atoms with Crippen molar-refractivity contribution in [1.29, 1.82) is 0 Å². The van der Waals surface area contributed by atoms with E-state index in [2.05, 4.69) is 43.8 Å². The Morgan fingerprint density at radius 1 is 1.03 bits per heavy atom. The van der Waals surface area contributed by atoms with E-state index >= 15 is 0 Å². The molecule has 0 radical (unpaired) electrons. The first-order valence-corrected chi connectivity index (χ1v) is 10.1. The Bertz CT molecular complexity index is 1150. The van der Waals surface area contributed by atoms with Crippen molar-refractivity contribution < 1.29 is 8.78 Å². The number of fused-ring (bicyclic) bond motifs is 1. The van der Waals surface area contributed by atoms with E-state index in [9.17, 15) is 8.78 Å². The van der Waals surface area contributed by atoms with E-state index < -0.39 is 6.43 Å². The summed E-state index contributed by atoms with van der Waals surface area (Å²) in [6, 6.07) is 12.9. The standard InChI is InChI=1S/C20H18F2N6S/c1-12(27-29-2)13-4-3-5-14(8-13)16-9-17(25-11-24-16)18-10-23-19-7-6-15(20(21)22)26-28(18)19/h3-12,20,27H,1-2H3. The lowest BCUT2D eigenvalue weighted by Crippen LogP contribution is -2.09. The molecule has 1 aromatic carbocycles. The maximum absolute atomic E-state index is 13.1. The summed E-state index contributed by atoms with van der Waals surface area (Å²) in [5, 5.41) is 4.00. The van der Waals surface area contributed by atoms with E-state index in [0.717, 1.165) is 16.8 Å². The first-order valence-electron chi connectivity index (χ1n) is 8.91. The van der Waals surface area contributed by atoms with Crippen molar-refractivity contribution in [3.8, 4) is 22.6 Å². The number of halogens is 2. The molecule has 4 rings (SSSR count). The van der Waals surface area contributed by atoms with E-state index in [4.69, 9.17) is 0 Å². The number of imidazole rings is 1. The van der Waals surface area contributed by atoms with Gasteiger partial charge in [-0.1, -0.05) is 30.1 Å². The topological polar surface area (TPSA) is 68.0 Å². The fourth-order valence-electron chi connectivity index (χ4n) is 3.05. The van der Waals surface area contributed by atoms with Crippen LogP contribution in [-0.2, 0) is 0 Å². The third kappa shape index (κ3) is 3.96. The summed E-state index contributed by atoms with van der Waals surface area (Å²) in [5.41, 5.74) is 4.05. The zero-order valence-electron chi connectivity index (χ0n) is 15.8. The van der Waals surface area contributed by atoms with Crippen molar-refractivity contribution >= 4 is 17.6 Å². The van der Waals surface area contributed by atoms with Crippen molar-refractivity contribution in [1.82, 2.24) is 29.3 Å². The molecule has 0 amide bonds. The summed E-state index contributed by atoms with van der Waals surface area (Å²) in [6.45, 7) is 2.09. The molecule has 1 N–H and O–H groups in total. The average molecular weight is 412 g/mol. The number of benzene rings is 1. The largest absolute Gasteiger partial charge is 0.282 e. The van der Waals surface area contributed by atoms with Crippen molar-refractivity contribution in [3.63, 3.8) is 0 Å². The van der Waals surface area contributed by atoms with Crippen LogP contribution in [0.3, 0.4) is 0 Å². The van der Waals surface area contributed by atoms with Crippen LogP contribution in [0.5, 0.6) is 0 Å². The molecule has 1 unspecified atom stereocenters. The van der Waals surface area contributed by atoms with Crippen LogP contribution in [0.15, 0.2) is 55.0 Å². The Kier molecular flexibility index (Phi) is 5.50. The van der Waals surface area contributed by atoms with Gasteiger partial charge in [0.15, 0.2) is 5.65 Å². The number of hydrogen-bond donors (Lipinski definition) is 1. The summed E-state index contributed by atoms with van der Waals surface area (Å²) in [6.07, 6.45) is 2.36. The molecule has 0 fully saturated rings. The number of aromatic nitrogens is 5. The number of hydrogen-bond acceptors (Lipinski definition) is 6. The molecule has 1 atom stereocenters. The molecule has 3 aromatic heterocycles. The summed E-state index contributed by atoms with van der Waals surface area (Å²) in [5.74, 6) is 0. The van der Waals surface area contributed by atoms with Crippen LogP contribution in [0, 0.1) is 0 Å². The SMILES string of the molecule is CSNC(C)c1cccc(-c2cc(-c3cnc4ccc(C(F)F)nn34)ncn2)c1. The predicted molar refractivity (Wildman–Crippen MR) is 109 cm³/mol. The van der Waals surface area contributed by atoms with Gasteiger partial charge in [0.1, 0.15) is 17.7 Å². The Morgan fingerprint density at radius 2 is 1.86 bits per heavy atom. The highest BCUT2D eigenvalue weighted by molar-refractivity contribution is 7.96. The number of nitrogens with zero attached hydrogens (tertiary/aromatic N) is 5. The smallest absolute Gasteiger partial charge is 0.257 e. The van der Waals surface area contributed by atoms with Crippen molar-refractivity contribution in [2.24, 2.45) is 0 Å². The van der Waals surface area contributed by atoms with Gasteiger partial charge in [-0.3, -0.25) is 4.72 Å². The quantitative estimate of drug-likeness (QED) is 0.462. The Labute approximate surface area is 170 Å². The van der Waals surface area contributed by atoms with Gasteiger partial charge in [0.25, 0.3) is 6.43 Å². The van der Waals surface area contributed by atoms with Crippen LogP contribution in [0.25, 0.3) is 28.3 Å². The van der Waals surface area contributed by atoms with E-state index in [0.29, 0.717) is 17.0 Å². The van der Waals surface area contributed by atoms with Crippen LogP contribution in [-0.4, -0.2) is 30.8 Å². The van der Waals surface area contributed by atoms with Crippen molar-refractivity contribution in [2.45, 2.75) is 19.4 Å². The zero-order chi connectivity index (χ0) is 20.4. The molecule has 29 heavy (non-hydrogen) atoms. The summed E-state index contributed by atoms with van der Waals surface area (Å²) in [4.78, 5) is 12.9. The monoisotopic (exact) mass is 412 g/mol. The lowest BCUT2D eigenvalue weighted by molar-refractivity contribution is 0.144. The van der Waals surface area contributed by atoms with Crippen molar-refractivity contribution in [2.75, 3.05) is 6.26 Å². The lowest BCUT2D eigenvalue weighted by Gasteiger charge is -2.13. The van der Waals surface area contributed by atoms with Crippen LogP contribution in [0.2, 0.25) is 0 Å². The van der Waals surface area contributed by atoms with E-state index in [-0.39, 0.29) is 11.7 Å². The van der Waals surface area contributed by atoms with Gasteiger partial charge in [0.05, 0.1) is 17.6 Å². The Morgan fingerprint density at radius 3 is 2.66 bits per heavy atom. The fourth-order valence-corrected chi connectivity index (χ4v) is 3.54. The molecule has 0 aliphatic rings. The van der Waals surface area contributed by atoms with Gasteiger partial charge in [-0.05, 0) is 43.0 Å². The van der Waals surface area contributed by atoms with Gasteiger partial charge >= 0.3 is 0 Å². The van der Waals surface area contributed by atoms with Crippen LogP contribution in [0.1, 0.15) is 30.6 Å². The molecule has 3 heterocycles. The molecule has 0 bridgehead atoms. The summed E-state index contributed by atoms with van der Waals surface area (Å²) < 4.78 is 30.8. The summed E-state index contributed by atoms with van der Waals surface area (Å²) in [7, 11) is 0. The van der Waals surface area contributed by atoms with Crippen LogP contribution >= 0.6 is 11.9 Å². The minimum absolute atomic E-state index is 0.182. The van der Waals surface area contributed by atoms with E-state index in [1.54, 1.807) is 18.1 Å². The minimum atomic E-state index is -2.66. The van der Waals surface area contributed by atoms with Gasteiger partial charge in [-0.15, -0.1) is 0 Å². The van der Waals surface area contributed by atoms with Crippen LogP contribution in [0.4, 0.5) is 8.78 Å². The molecule has 0 aliphatic carbocycles. The maximum atomic E-state index is 13.1. The molecule has 0 saturated heterocycles. The first kappa shape index (κ1) is 19.4. The molecular formula is C20H18F2N6S. The molecule has 9 heteroatoms. The fraction of sp³-hybridized carbons (Fsp3) is 0.200. The number of alkyl halides is 2. The average Bonchev–Trinajstić information content (AvgIpc) is 3.17. The van der Waals surface area contributed by atoms with Crippen LogP contribution < -0.4 is 4.72 Å². The third-order valence-corrected chi connectivity index (χ3v) is 5.10. The lowest BCUT2D eigenvalue weighted by atomic mass is 10.0. The van der Waals surface area contributed by atoms with Gasteiger partial charge in [0, 0.05) is 11.6 Å². The Hall–Kier alpha value is -2.91. The summed E-state index contributed by atoms with van der Waals surface area (Å²) >= 11 is 1.57. The Balaban J connectivity index is 1.74. The molecule has 4 aromatic rings. The normalized spacial score (nSPS) is 12.6. The predicted octanol–water partition coefficient (Wildman–Crippen LogP) is 4.72.